The van der Waals surface area contributed by atoms with E-state index in [1.54, 1.807) is 0 Å². The van der Waals surface area contributed by atoms with Gasteiger partial charge in [-0.2, -0.15) is 0 Å². The number of hydrogen-bond acceptors (Lipinski definition) is 4. The van der Waals surface area contributed by atoms with Crippen LogP contribution in [0.15, 0.2) is 18.2 Å². The van der Waals surface area contributed by atoms with Gasteiger partial charge in [0.1, 0.15) is 15.9 Å². The Bertz CT molecular complexity index is 629. The van der Waals surface area contributed by atoms with Crippen molar-refractivity contribution in [3.8, 4) is 5.75 Å². The fourth-order valence-corrected chi connectivity index (χ4v) is 4.39. The summed E-state index contributed by atoms with van der Waals surface area (Å²) in [6.07, 6.45) is 14.3. The quantitative estimate of drug-likeness (QED) is 0.207. The van der Waals surface area contributed by atoms with E-state index in [2.05, 4.69) is 13.8 Å². The van der Waals surface area contributed by atoms with E-state index in [9.17, 15) is 13.0 Å². The van der Waals surface area contributed by atoms with Crippen molar-refractivity contribution in [3.05, 3.63) is 29.3 Å². The molecule has 4 nitrogen and oxygen atoms in total. The van der Waals surface area contributed by atoms with Gasteiger partial charge in [0.2, 0.25) is 0 Å². The average Bonchev–Trinajstić information content (AvgIpc) is 2.68. The smallest absolute Gasteiger partial charge is 0.745 e. The largest absolute Gasteiger partial charge is 1.00 e. The van der Waals surface area contributed by atoms with Crippen molar-refractivity contribution >= 4 is 10.1 Å². The van der Waals surface area contributed by atoms with Crippen LogP contribution in [0.2, 0.25) is 0 Å². The molecule has 168 valence electrons. The fraction of sp³-hybridized carbons (Fsp3) is 0.750. The second-order valence-electron chi connectivity index (χ2n) is 8.06. The van der Waals surface area contributed by atoms with E-state index in [1.807, 2.05) is 25.1 Å². The van der Waals surface area contributed by atoms with Crippen molar-refractivity contribution in [2.45, 2.75) is 116 Å². The van der Waals surface area contributed by atoms with E-state index in [-0.39, 0.29) is 36.0 Å². The molecule has 0 bridgehead atoms. The summed E-state index contributed by atoms with van der Waals surface area (Å²) in [4.78, 5) is 0. The molecule has 0 fully saturated rings. The molecule has 0 amide bonds. The first-order chi connectivity index (χ1) is 13.9. The Morgan fingerprint density at radius 3 is 1.67 bits per heavy atom. The Labute approximate surface area is 207 Å². The van der Waals surface area contributed by atoms with Crippen molar-refractivity contribution < 1.29 is 47.3 Å². The first-order valence-electron chi connectivity index (χ1n) is 11.7. The minimum absolute atomic E-state index is 0. The first kappa shape index (κ1) is 29.9. The molecule has 30 heavy (non-hydrogen) atoms. The van der Waals surface area contributed by atoms with E-state index >= 15 is 0 Å². The van der Waals surface area contributed by atoms with Gasteiger partial charge in [-0.25, -0.2) is 8.42 Å². The van der Waals surface area contributed by atoms with Gasteiger partial charge >= 0.3 is 29.6 Å². The second kappa shape index (κ2) is 17.5. The molecule has 1 aromatic carbocycles. The zero-order valence-corrected chi connectivity index (χ0v) is 22.6. The van der Waals surface area contributed by atoms with E-state index in [4.69, 9.17) is 4.74 Å². The van der Waals surface area contributed by atoms with Crippen LogP contribution in [0.5, 0.6) is 5.75 Å². The van der Waals surface area contributed by atoms with Gasteiger partial charge in [0.15, 0.2) is 5.44 Å². The predicted molar refractivity (Wildman–Crippen MR) is 120 cm³/mol. The zero-order valence-electron chi connectivity index (χ0n) is 19.8. The second-order valence-corrected chi connectivity index (χ2v) is 9.57. The molecule has 1 atom stereocenters. The molecule has 0 aromatic heterocycles. The number of aryl methyl sites for hydroxylation is 2. The average molecular weight is 449 g/mol. The van der Waals surface area contributed by atoms with E-state index < -0.39 is 15.6 Å². The zero-order chi connectivity index (χ0) is 21.5. The topological polar surface area (TPSA) is 66.4 Å². The molecule has 0 saturated heterocycles. The summed E-state index contributed by atoms with van der Waals surface area (Å²) in [5.74, 6) is 0.649. The van der Waals surface area contributed by atoms with Crippen molar-refractivity contribution in [1.29, 1.82) is 0 Å². The van der Waals surface area contributed by atoms with Crippen LogP contribution in [0.25, 0.3) is 0 Å². The third-order valence-electron chi connectivity index (χ3n) is 5.37. The molecule has 0 aliphatic carbocycles. The maximum absolute atomic E-state index is 11.7. The van der Waals surface area contributed by atoms with Gasteiger partial charge in [-0.1, -0.05) is 96.8 Å². The van der Waals surface area contributed by atoms with Gasteiger partial charge < -0.3 is 9.29 Å². The van der Waals surface area contributed by atoms with Crippen molar-refractivity contribution in [3.63, 3.8) is 0 Å². The molecule has 0 radical (unpaired) electrons. The number of para-hydroxylation sites is 1. The summed E-state index contributed by atoms with van der Waals surface area (Å²) in [7, 11) is -4.50. The minimum atomic E-state index is -4.50. The Morgan fingerprint density at radius 1 is 0.800 bits per heavy atom. The molecule has 1 unspecified atom stereocenters. The molecule has 0 saturated carbocycles. The van der Waals surface area contributed by atoms with Crippen LogP contribution >= 0.6 is 0 Å². The van der Waals surface area contributed by atoms with Gasteiger partial charge in [-0.3, -0.25) is 0 Å². The molecular formula is C24H41NaO4S. The summed E-state index contributed by atoms with van der Waals surface area (Å²) in [5.41, 5.74) is 0.780. The number of hydrogen-bond donors (Lipinski definition) is 0. The Kier molecular flexibility index (Phi) is 17.4. The maximum Gasteiger partial charge on any atom is 1.00 e. The fourth-order valence-electron chi connectivity index (χ4n) is 3.65. The SMILES string of the molecule is CCCCCCCc1cccc(CCCCCCC)c1OC(CCC)S(=O)(=O)[O-].[Na+]. The van der Waals surface area contributed by atoms with Crippen molar-refractivity contribution in [2.24, 2.45) is 0 Å². The molecule has 0 aliphatic rings. The molecule has 1 rings (SSSR count). The van der Waals surface area contributed by atoms with Crippen molar-refractivity contribution in [1.82, 2.24) is 0 Å². The Hall–Kier alpha value is -0.0700. The third kappa shape index (κ3) is 12.1. The van der Waals surface area contributed by atoms with Crippen LogP contribution < -0.4 is 34.3 Å². The van der Waals surface area contributed by atoms with Crippen LogP contribution in [-0.4, -0.2) is 18.4 Å². The predicted octanol–water partition coefficient (Wildman–Crippen LogP) is 3.77. The van der Waals surface area contributed by atoms with Crippen LogP contribution in [-0.2, 0) is 23.0 Å². The number of unbranched alkanes of at least 4 members (excludes halogenated alkanes) is 8. The summed E-state index contributed by atoms with van der Waals surface area (Å²) in [6.45, 7) is 6.27. The first-order valence-corrected chi connectivity index (χ1v) is 13.1. The summed E-state index contributed by atoms with van der Waals surface area (Å²) >= 11 is 0. The molecule has 1 aromatic rings. The summed E-state index contributed by atoms with van der Waals surface area (Å²) in [5, 5.41) is 0. The van der Waals surface area contributed by atoms with E-state index in [0.29, 0.717) is 12.2 Å². The summed E-state index contributed by atoms with van der Waals surface area (Å²) < 4.78 is 41.1. The van der Waals surface area contributed by atoms with Gasteiger partial charge in [0, 0.05) is 0 Å². The van der Waals surface area contributed by atoms with Crippen LogP contribution in [0, 0.1) is 0 Å². The monoisotopic (exact) mass is 448 g/mol. The molecular weight excluding hydrogens is 407 g/mol. The standard InChI is InChI=1S/C24H42O4S.Na/c1-4-7-9-11-13-17-21-19-15-20-22(18-14-12-10-8-5-2)24(21)28-23(16-6-3)29(25,26)27;/h15,19-20,23H,4-14,16-18H2,1-3H3,(H,25,26,27);/q;+1/p-1. The number of rotatable bonds is 17. The van der Waals surface area contributed by atoms with Crippen LogP contribution in [0.3, 0.4) is 0 Å². The molecule has 0 spiro atoms. The molecule has 0 heterocycles. The molecule has 0 aliphatic heterocycles. The van der Waals surface area contributed by atoms with Gasteiger partial charge in [-0.15, -0.1) is 0 Å². The third-order valence-corrected chi connectivity index (χ3v) is 6.35. The van der Waals surface area contributed by atoms with Crippen LogP contribution in [0.4, 0.5) is 0 Å². The van der Waals surface area contributed by atoms with Gasteiger partial charge in [-0.05, 0) is 43.2 Å². The molecule has 6 heteroatoms. The Morgan fingerprint density at radius 2 is 1.27 bits per heavy atom. The maximum atomic E-state index is 11.7. The van der Waals surface area contributed by atoms with Gasteiger partial charge in [0.25, 0.3) is 0 Å². The Balaban J connectivity index is 0.00000841. The van der Waals surface area contributed by atoms with Crippen LogP contribution in [0.1, 0.15) is 109 Å². The number of benzene rings is 1. The summed E-state index contributed by atoms with van der Waals surface area (Å²) in [6, 6.07) is 6.09. The normalized spacial score (nSPS) is 12.4. The van der Waals surface area contributed by atoms with E-state index in [1.165, 1.54) is 38.5 Å². The van der Waals surface area contributed by atoms with Crippen molar-refractivity contribution in [2.75, 3.05) is 0 Å². The molecule has 0 N–H and O–H groups in total. The minimum Gasteiger partial charge on any atom is -0.745 e. The van der Waals surface area contributed by atoms with E-state index in [0.717, 1.165) is 49.7 Å². The number of ether oxygens (including phenoxy) is 1. The van der Waals surface area contributed by atoms with Gasteiger partial charge in [0.05, 0.1) is 0 Å².